The molecule has 694 valence electrons. The normalized spacial score (nSPS) is 20.6. The van der Waals surface area contributed by atoms with E-state index in [9.17, 15) is 103 Å². The predicted octanol–water partition coefficient (Wildman–Crippen LogP) is -4.69. The highest BCUT2D eigenvalue weighted by atomic mass is 35.5. The fourth-order valence-corrected chi connectivity index (χ4v) is 13.3. The Hall–Kier alpha value is -13.0. The maximum atomic E-state index is 15.5. The molecule has 127 heavy (non-hydrogen) atoms. The van der Waals surface area contributed by atoms with Gasteiger partial charge in [-0.05, 0) is 106 Å². The third-order valence-corrected chi connectivity index (χ3v) is 20.0. The molecule has 2 aliphatic rings. The van der Waals surface area contributed by atoms with E-state index >= 15 is 19.2 Å². The van der Waals surface area contributed by atoms with Crippen molar-refractivity contribution >= 4 is 130 Å². The Kier molecular flexibility index (Phi) is 43.4. The van der Waals surface area contributed by atoms with E-state index in [0.717, 1.165) is 24.0 Å². The van der Waals surface area contributed by atoms with Crippen LogP contribution >= 0.6 is 11.6 Å². The Morgan fingerprint density at radius 2 is 1.24 bits per heavy atom. The number of allylic oxidation sites excluding steroid dienone is 3. The lowest BCUT2D eigenvalue weighted by atomic mass is 9.99. The average molecular weight is 1800 g/mol. The third-order valence-electron chi connectivity index (χ3n) is 19.8. The van der Waals surface area contributed by atoms with Gasteiger partial charge in [0.2, 0.25) is 94.5 Å². The Morgan fingerprint density at radius 1 is 0.622 bits per heavy atom. The van der Waals surface area contributed by atoms with Crippen molar-refractivity contribution < 1.29 is 122 Å². The van der Waals surface area contributed by atoms with Crippen molar-refractivity contribution in [2.75, 3.05) is 58.7 Å². The smallest absolute Gasteiger partial charge is 0.306 e. The summed E-state index contributed by atoms with van der Waals surface area (Å²) in [4.78, 5) is 267. The minimum atomic E-state index is -2.47. The van der Waals surface area contributed by atoms with Gasteiger partial charge in [-0.3, -0.25) is 91.1 Å². The largest absolute Gasteiger partial charge is 0.508 e. The summed E-state index contributed by atoms with van der Waals surface area (Å²) < 4.78 is 0. The summed E-state index contributed by atoms with van der Waals surface area (Å²) in [5.74, 6) is -22.9. The second kappa shape index (κ2) is 52.7. The number of hydrogen-bond donors (Lipinski definition) is 23. The Bertz CT molecular complexity index is 4460. The van der Waals surface area contributed by atoms with Gasteiger partial charge in [-0.25, -0.2) is 0 Å². The minimum absolute atomic E-state index is 0.0206. The standard InChI is InChI=1S/C83H115ClN18O25/c1-43(2)15-11-12-20-64(108)88-31-28-66(110)93-53(18-13-29-87-65(109)27-30-86-7)75(119)96-57(36-61(105)48-16-9-8-10-17-48)79(123)101-72(63(107)39-70(115)116)82(126)99-55(34-47-21-24-50(104)25-22-47)78(122)100-71-45(5)91-80(124)60-19-14-32-102(60)83(127)46(6)92-76(120)56(37-62(106)51-26-23-49(84)35-52(51)85)94-67(111)40-90-74(118)59(42-103)95-68(112)41-89-73(117)58(38-69(113)114)97-77(121)54(33-44(3)4)98-81(71)125/h8-12,15-17,20-26,35,43-46,53-61,63,71-72,86,103-105,107H,13-14,18-19,27-34,36-42,85H2,1-7H3,(H,87,109)(H,88,108)(H,89,117)(H,90,118)(H,91,124)(H,92,120)(H,93,110)(H,94,111)(H,95,112)(H,96,119)(H,97,121)(H,98,125)(H,99,126)(H,100,122)(H,101,123)(H,113,114)(H,115,116)/b15-11+,20-12-/t45?,46-,53-,54+,55-,56-,57?,58-,59-,60-,61?,63?,71?,72?/m0/s1. The number of hydrogen-bond acceptors (Lipinski definition) is 25. The van der Waals surface area contributed by atoms with E-state index in [2.05, 4.69) is 85.1 Å². The number of aliphatic carboxylic acids is 2. The van der Waals surface area contributed by atoms with E-state index in [-0.39, 0.29) is 103 Å². The number of fused-ring (bicyclic) bond motifs is 1. The first-order valence-corrected chi connectivity index (χ1v) is 41.5. The molecule has 3 aromatic carbocycles. The number of benzene rings is 3. The van der Waals surface area contributed by atoms with E-state index in [1.807, 2.05) is 19.9 Å². The number of phenols is 1. The molecule has 0 saturated carbocycles. The molecular formula is C83H115ClN18O25. The number of carbonyl (C=O) groups is 19. The highest BCUT2D eigenvalue weighted by Gasteiger charge is 2.43. The number of halogens is 1. The van der Waals surface area contributed by atoms with E-state index in [0.29, 0.717) is 6.54 Å². The van der Waals surface area contributed by atoms with Gasteiger partial charge in [0.05, 0.1) is 50.8 Å². The van der Waals surface area contributed by atoms with Crippen LogP contribution in [0, 0.1) is 11.8 Å². The van der Waals surface area contributed by atoms with Gasteiger partial charge in [0.15, 0.2) is 5.78 Å². The molecule has 5 rings (SSSR count). The summed E-state index contributed by atoms with van der Waals surface area (Å²) in [6.07, 6.45) is -3.55. The van der Waals surface area contributed by atoms with E-state index in [1.54, 1.807) is 33.0 Å². The SMILES string of the molecule is CNCCC(=O)NCCC[C@H](NC(=O)CCNC(=O)/C=C\C=C\C(C)C)C(=O)NC(CC(O)c1ccccc1)C(=O)NC(C(=O)N[C@@H](Cc1ccc(O)cc1)C(=O)NC1C(=O)N[C@H](CC(C)C)C(=O)N[C@@H](CC(=O)O)C(=O)NCC(=O)N[C@@H](CO)C(=O)NCC(=O)N[C@@H](CC(=O)c2ccc(Cl)cc2N)C(=O)N[C@@H](C)C(=O)N2CCC[C@H]2C(=O)NC1C)C(O)CC(=O)O. The molecule has 2 fully saturated rings. The van der Waals surface area contributed by atoms with Crippen LogP contribution < -0.4 is 90.8 Å². The summed E-state index contributed by atoms with van der Waals surface area (Å²) in [5.41, 5.74) is 6.08. The number of aromatic hydroxyl groups is 1. The van der Waals surface area contributed by atoms with Crippen LogP contribution in [0.4, 0.5) is 5.69 Å². The zero-order valence-electron chi connectivity index (χ0n) is 71.3. The van der Waals surface area contributed by atoms with Gasteiger partial charge in [-0.15, -0.1) is 0 Å². The van der Waals surface area contributed by atoms with E-state index in [1.165, 1.54) is 73.7 Å². The lowest BCUT2D eigenvalue weighted by molar-refractivity contribution is -0.143. The molecule has 0 aromatic heterocycles. The molecule has 6 unspecified atom stereocenters. The Morgan fingerprint density at radius 3 is 1.86 bits per heavy atom. The number of carboxylic acids is 2. The van der Waals surface area contributed by atoms with Crippen molar-refractivity contribution in [3.05, 3.63) is 119 Å². The number of aliphatic hydroxyl groups is 3. The second-order valence-electron chi connectivity index (χ2n) is 31.1. The fourth-order valence-electron chi connectivity index (χ4n) is 13.1. The molecule has 2 heterocycles. The number of phenolic OH excluding ortho intramolecular Hbond substituents is 1. The van der Waals surface area contributed by atoms with E-state index < -0.39 is 255 Å². The molecular weight excluding hydrogens is 1680 g/mol. The topological polar surface area (TPSA) is 667 Å². The third kappa shape index (κ3) is 36.2. The van der Waals surface area contributed by atoms with E-state index in [4.69, 9.17) is 17.3 Å². The van der Waals surface area contributed by atoms with Crippen LogP contribution in [0.2, 0.25) is 5.02 Å². The zero-order chi connectivity index (χ0) is 94.3. The van der Waals surface area contributed by atoms with Crippen LogP contribution in [0.3, 0.4) is 0 Å². The molecule has 0 bridgehead atoms. The quantitative estimate of drug-likeness (QED) is 0.00843. The number of nitrogens with zero attached hydrogens (tertiary/aromatic N) is 1. The van der Waals surface area contributed by atoms with Crippen LogP contribution in [-0.2, 0) is 92.7 Å². The van der Waals surface area contributed by atoms with Crippen molar-refractivity contribution in [2.24, 2.45) is 11.8 Å². The van der Waals surface area contributed by atoms with Crippen molar-refractivity contribution in [3.8, 4) is 5.75 Å². The van der Waals surface area contributed by atoms with Gasteiger partial charge < -0.3 is 126 Å². The average Bonchev–Trinajstić information content (AvgIpc) is 1.24. The lowest BCUT2D eigenvalue weighted by Gasteiger charge is -2.32. The number of carbonyl (C=O) groups excluding carboxylic acids is 17. The Labute approximate surface area is 736 Å². The highest BCUT2D eigenvalue weighted by Crippen LogP contribution is 2.24. The predicted molar refractivity (Wildman–Crippen MR) is 455 cm³/mol. The molecule has 0 radical (unpaired) electrons. The number of nitrogen functional groups attached to an aromatic ring is 1. The second-order valence-corrected chi connectivity index (χ2v) is 31.5. The number of aliphatic hydroxyl groups excluding tert-OH is 3. The molecule has 0 spiro atoms. The van der Waals surface area contributed by atoms with Gasteiger partial charge >= 0.3 is 11.9 Å². The van der Waals surface area contributed by atoms with Gasteiger partial charge in [-0.1, -0.05) is 100.0 Å². The zero-order valence-corrected chi connectivity index (χ0v) is 72.0. The molecule has 24 N–H and O–H groups in total. The maximum Gasteiger partial charge on any atom is 0.306 e. The molecule has 3 aromatic rings. The minimum Gasteiger partial charge on any atom is -0.508 e. The molecule has 2 saturated heterocycles. The van der Waals surface area contributed by atoms with Crippen molar-refractivity contribution in [3.63, 3.8) is 0 Å². The molecule has 44 heteroatoms. The summed E-state index contributed by atoms with van der Waals surface area (Å²) in [5, 5.41) is 103. The number of carboxylic acid groups (broad SMARTS) is 2. The number of nitrogens with one attached hydrogen (secondary N) is 16. The first-order valence-electron chi connectivity index (χ1n) is 41.1. The number of anilines is 1. The van der Waals surface area contributed by atoms with Crippen LogP contribution in [0.5, 0.6) is 5.75 Å². The molecule has 14 atom stereocenters. The molecule has 0 aliphatic carbocycles. The molecule has 43 nitrogen and oxygen atoms in total. The number of amides is 16. The van der Waals surface area contributed by atoms with Gasteiger partial charge in [0.25, 0.3) is 0 Å². The number of rotatable bonds is 38. The summed E-state index contributed by atoms with van der Waals surface area (Å²) in [7, 11) is 1.63. The summed E-state index contributed by atoms with van der Waals surface area (Å²) >= 11 is 6.07. The number of ketones is 1. The monoisotopic (exact) mass is 1800 g/mol. The van der Waals surface area contributed by atoms with Crippen LogP contribution in [-0.4, -0.2) is 279 Å². The first-order chi connectivity index (χ1) is 60.1. The Balaban J connectivity index is 1.61. The van der Waals surface area contributed by atoms with Crippen molar-refractivity contribution in [1.29, 1.82) is 0 Å². The van der Waals surface area contributed by atoms with Gasteiger partial charge in [0, 0.05) is 80.6 Å². The van der Waals surface area contributed by atoms with Crippen LogP contribution in [0.1, 0.15) is 140 Å². The van der Waals surface area contributed by atoms with Gasteiger partial charge in [-0.2, -0.15) is 0 Å². The van der Waals surface area contributed by atoms with Crippen LogP contribution in [0.15, 0.2) is 97.1 Å². The maximum absolute atomic E-state index is 15.5. The molecule has 2 aliphatic heterocycles. The fraction of sp³-hybridized carbons (Fsp3) is 0.506. The molecule has 16 amide bonds. The van der Waals surface area contributed by atoms with Crippen molar-refractivity contribution in [2.45, 2.75) is 203 Å². The number of Topliss-reactive ketones (excluding diaryl/α,β-unsaturated/α-hetero) is 1. The van der Waals surface area contributed by atoms with Gasteiger partial charge in [0.1, 0.15) is 72.2 Å². The van der Waals surface area contributed by atoms with Crippen molar-refractivity contribution in [1.82, 2.24) is 90.0 Å². The number of nitrogens with two attached hydrogens (primary N) is 1. The first kappa shape index (κ1) is 105. The summed E-state index contributed by atoms with van der Waals surface area (Å²) in [6.45, 7) is 6.05. The van der Waals surface area contributed by atoms with Crippen LogP contribution in [0.25, 0.3) is 0 Å². The lowest BCUT2D eigenvalue weighted by Crippen LogP contribution is -2.65. The summed E-state index contributed by atoms with van der Waals surface area (Å²) in [6, 6.07) is -6.47. The highest BCUT2D eigenvalue weighted by molar-refractivity contribution is 6.31.